The largest absolute Gasteiger partial charge is 0.869 e. The van der Waals surface area contributed by atoms with Gasteiger partial charge in [0.15, 0.2) is 0 Å². The second kappa shape index (κ2) is 4.59. The summed E-state index contributed by atoms with van der Waals surface area (Å²) in [5.74, 6) is -3.34. The van der Waals surface area contributed by atoms with E-state index < -0.39 is 52.2 Å². The van der Waals surface area contributed by atoms with Gasteiger partial charge in [-0.1, -0.05) is 0 Å². The van der Waals surface area contributed by atoms with E-state index in [1.807, 2.05) is 0 Å². The predicted molar refractivity (Wildman–Crippen MR) is 42.8 cm³/mol. The van der Waals surface area contributed by atoms with Gasteiger partial charge in [-0.2, -0.15) is 3.94 Å². The lowest BCUT2D eigenvalue weighted by Gasteiger charge is -2.19. The van der Waals surface area contributed by atoms with Gasteiger partial charge in [-0.05, 0) is 0 Å². The van der Waals surface area contributed by atoms with E-state index in [1.165, 1.54) is 0 Å². The summed E-state index contributed by atoms with van der Waals surface area (Å²) in [6.45, 7) is 0. The Morgan fingerprint density at radius 1 is 1.67 bits per heavy atom. The van der Waals surface area contributed by atoms with E-state index in [2.05, 4.69) is 12.6 Å². The highest BCUT2D eigenvalue weighted by molar-refractivity contribution is 6.22. The molecule has 0 spiro atoms. The molecular formula is C6H7AlO8+. The fourth-order valence-corrected chi connectivity index (χ4v) is 1.32. The normalized spacial score (nSPS) is 26.7. The maximum atomic E-state index is 11.0. The minimum Gasteiger partial charge on any atom is -0.596 e. The molecule has 0 bridgehead atoms. The van der Waals surface area contributed by atoms with Crippen molar-refractivity contribution in [2.75, 3.05) is 0 Å². The number of rotatable bonds is 2. The van der Waals surface area contributed by atoms with E-state index in [1.54, 1.807) is 0 Å². The first-order valence-electron chi connectivity index (χ1n) is 3.79. The van der Waals surface area contributed by atoms with E-state index in [-0.39, 0.29) is 0 Å². The van der Waals surface area contributed by atoms with Crippen molar-refractivity contribution >= 4 is 33.8 Å². The molecule has 1 heterocycles. The van der Waals surface area contributed by atoms with Crippen molar-refractivity contribution in [3.63, 3.8) is 0 Å². The van der Waals surface area contributed by atoms with Crippen LogP contribution in [0.2, 0.25) is 0 Å². The van der Waals surface area contributed by atoms with Crippen LogP contribution in [0.4, 0.5) is 0 Å². The van der Waals surface area contributed by atoms with E-state index in [0.717, 1.165) is 0 Å². The molecular weight excluding hydrogens is 227 g/mol. The second-order valence-electron chi connectivity index (χ2n) is 2.85. The molecule has 1 aliphatic rings. The third kappa shape index (κ3) is 3.18. The van der Waals surface area contributed by atoms with E-state index >= 15 is 0 Å². The maximum absolute atomic E-state index is 11.0. The van der Waals surface area contributed by atoms with Crippen LogP contribution in [0.5, 0.6) is 0 Å². The number of aliphatic carboxylic acids is 1. The first-order valence-corrected chi connectivity index (χ1v) is 4.73. The average molecular weight is 234 g/mol. The number of carbonyl (C=O) groups excluding carboxylic acids is 2. The van der Waals surface area contributed by atoms with Crippen molar-refractivity contribution < 1.29 is 37.2 Å². The number of carboxylic acid groups (broad SMARTS) is 1. The standard InChI is InChI=1S/C6H8O8.Al/c7-3(8)1-6(12,2-4(9)10)5(11)14-13;/h12-13H,1-2H2,(H,7,8)(H,9,10);/q;+2/p-1. The number of hydrogen-bond donors (Lipinski definition) is 2. The monoisotopic (exact) mass is 234 g/mol. The molecule has 1 aliphatic heterocycles. The molecule has 81 valence electrons. The van der Waals surface area contributed by atoms with Crippen LogP contribution in [0.3, 0.4) is 0 Å². The van der Waals surface area contributed by atoms with Crippen LogP contribution in [-0.4, -0.2) is 54.4 Å². The van der Waals surface area contributed by atoms with Gasteiger partial charge in [0.05, 0.1) is 12.8 Å². The van der Waals surface area contributed by atoms with Crippen LogP contribution in [0, 0.1) is 0 Å². The molecule has 3 N–H and O–H groups in total. The van der Waals surface area contributed by atoms with Crippen LogP contribution in [0.25, 0.3) is 0 Å². The molecule has 1 atom stereocenters. The molecule has 9 heteroatoms. The van der Waals surface area contributed by atoms with Gasteiger partial charge in [0.2, 0.25) is 5.60 Å². The van der Waals surface area contributed by atoms with E-state index in [0.29, 0.717) is 0 Å². The topological polar surface area (TPSA) is 124 Å². The molecule has 0 aromatic rings. The molecule has 1 fully saturated rings. The zero-order valence-electron chi connectivity index (χ0n) is 7.37. The van der Waals surface area contributed by atoms with Gasteiger partial charge in [-0.15, -0.1) is 4.89 Å². The summed E-state index contributed by atoms with van der Waals surface area (Å²) in [4.78, 5) is 34.7. The Bertz CT molecular complexity index is 302. The summed E-state index contributed by atoms with van der Waals surface area (Å²) in [7, 11) is 0. The molecule has 1 radical (unpaired) electrons. The van der Waals surface area contributed by atoms with E-state index in [4.69, 9.17) is 9.90 Å². The maximum Gasteiger partial charge on any atom is 0.869 e. The smallest absolute Gasteiger partial charge is 0.596 e. The van der Waals surface area contributed by atoms with Gasteiger partial charge in [-0.3, -0.25) is 9.59 Å². The Kier molecular flexibility index (Phi) is 3.65. The molecule has 1 saturated heterocycles. The molecule has 0 saturated carbocycles. The van der Waals surface area contributed by atoms with Crippen LogP contribution in [0.15, 0.2) is 0 Å². The molecule has 0 amide bonds. The van der Waals surface area contributed by atoms with Gasteiger partial charge >= 0.3 is 27.8 Å². The van der Waals surface area contributed by atoms with Crippen LogP contribution in [0.1, 0.15) is 12.8 Å². The minimum absolute atomic E-state index is 0.707. The summed E-state index contributed by atoms with van der Waals surface area (Å²) < 4.78 is 8.66. The first kappa shape index (κ1) is 11.9. The Hall–Kier alpha value is -1.14. The van der Waals surface area contributed by atoms with Gasteiger partial charge in [0.25, 0.3) is 5.97 Å². The van der Waals surface area contributed by atoms with Crippen LogP contribution in [-0.2, 0) is 22.2 Å². The van der Waals surface area contributed by atoms with Gasteiger partial charge in [0.1, 0.15) is 0 Å². The van der Waals surface area contributed by atoms with Crippen molar-refractivity contribution in [2.24, 2.45) is 0 Å². The third-order valence-corrected chi connectivity index (χ3v) is 2.16. The van der Waals surface area contributed by atoms with Crippen LogP contribution >= 0.6 is 0 Å². The molecule has 15 heavy (non-hydrogen) atoms. The average Bonchev–Trinajstić information content (AvgIpc) is 2.08. The zero-order chi connectivity index (χ0) is 11.5. The Morgan fingerprint density at radius 3 is 2.93 bits per heavy atom. The first-order chi connectivity index (χ1) is 6.94. The summed E-state index contributed by atoms with van der Waals surface area (Å²) in [5, 5.41) is 18.1. The number of carboxylic acids is 1. The summed E-state index contributed by atoms with van der Waals surface area (Å²) >= 11 is -1.25. The number of carbonyl (C=O) groups is 2. The lowest BCUT2D eigenvalue weighted by atomic mass is 9.96. The van der Waals surface area contributed by atoms with E-state index in [9.17, 15) is 14.7 Å². The SMILES string of the molecule is O=C(O)CC1(O)CC(=O)[O][Al][O]OC1=[OH+]. The van der Waals surface area contributed by atoms with Gasteiger partial charge in [-0.25, -0.2) is 0 Å². The fraction of sp³-hybridized carbons (Fsp3) is 0.500. The lowest BCUT2D eigenvalue weighted by molar-refractivity contribution is -0.179. The minimum atomic E-state index is -2.33. The zero-order valence-corrected chi connectivity index (χ0v) is 8.53. The molecule has 1 rings (SSSR count). The van der Waals surface area contributed by atoms with Crippen molar-refractivity contribution in [3.8, 4) is 0 Å². The summed E-state index contributed by atoms with van der Waals surface area (Å²) in [6, 6.07) is 0. The van der Waals surface area contributed by atoms with Gasteiger partial charge < -0.3 is 18.8 Å². The third-order valence-electron chi connectivity index (χ3n) is 1.62. The number of aliphatic hydroxyl groups is 1. The molecule has 0 aromatic carbocycles. The quantitative estimate of drug-likeness (QED) is 0.325. The number of hydrogen-bond acceptors (Lipinski definition) is 6. The van der Waals surface area contributed by atoms with Crippen molar-refractivity contribution in [3.05, 3.63) is 0 Å². The summed E-state index contributed by atoms with van der Waals surface area (Å²) in [6.07, 6.45) is -1.60. The summed E-state index contributed by atoms with van der Waals surface area (Å²) in [5.41, 5.74) is -2.33. The van der Waals surface area contributed by atoms with Gasteiger partial charge in [0, 0.05) is 0 Å². The highest BCUT2D eigenvalue weighted by atomic mass is 27.2. The molecule has 0 aliphatic carbocycles. The Balaban J connectivity index is 2.82. The fourth-order valence-electron chi connectivity index (χ4n) is 0.960. The Morgan fingerprint density at radius 2 is 2.33 bits per heavy atom. The van der Waals surface area contributed by atoms with Crippen molar-refractivity contribution in [1.82, 2.24) is 0 Å². The predicted octanol–water partition coefficient (Wildman–Crippen LogP) is -1.88. The van der Waals surface area contributed by atoms with Crippen LogP contribution < -0.4 is 0 Å². The molecule has 1 unspecified atom stereocenters. The van der Waals surface area contributed by atoms with Crippen molar-refractivity contribution in [2.45, 2.75) is 18.4 Å². The lowest BCUT2D eigenvalue weighted by Crippen LogP contribution is -2.46. The molecule has 0 aromatic heterocycles. The second-order valence-corrected chi connectivity index (χ2v) is 3.47. The molecule has 8 nitrogen and oxygen atoms in total. The Labute approximate surface area is 90.0 Å². The van der Waals surface area contributed by atoms with Crippen molar-refractivity contribution in [1.29, 1.82) is 0 Å². The highest BCUT2D eigenvalue weighted by Gasteiger charge is 2.51. The highest BCUT2D eigenvalue weighted by Crippen LogP contribution is 2.19.